The van der Waals surface area contributed by atoms with Gasteiger partial charge in [0, 0.05) is 11.0 Å². The molecule has 0 saturated carbocycles. The SMILES string of the molecule is CCOC(=O)/C(=C(\N[C@H](C)c1ccccc1)c1ccccc1)[C@H](CC)C[N+](=O)[O-]. The fraction of sp³-hybridized carbons (Fsp3) is 0.348. The monoisotopic (exact) mass is 396 g/mol. The van der Waals surface area contributed by atoms with Gasteiger partial charge in [-0.3, -0.25) is 10.1 Å². The largest absolute Gasteiger partial charge is 0.463 e. The standard InChI is InChI=1S/C23H28N2O4/c1-4-18(16-25(27)28)21(23(26)29-5-2)22(20-14-10-7-11-15-20)24-17(3)19-12-8-6-9-13-19/h6-15,17-18,24H,4-5,16H2,1-3H3/b22-21-/t17-,18-/m1/s1. The van der Waals surface area contributed by atoms with E-state index in [1.165, 1.54) is 0 Å². The molecule has 29 heavy (non-hydrogen) atoms. The smallest absolute Gasteiger partial charge is 0.336 e. The highest BCUT2D eigenvalue weighted by atomic mass is 16.6. The van der Waals surface area contributed by atoms with Crippen LogP contribution >= 0.6 is 0 Å². The van der Waals surface area contributed by atoms with Gasteiger partial charge in [-0.25, -0.2) is 4.79 Å². The van der Waals surface area contributed by atoms with Crippen molar-refractivity contribution >= 4 is 11.7 Å². The van der Waals surface area contributed by atoms with Gasteiger partial charge in [-0.2, -0.15) is 0 Å². The molecule has 2 aromatic rings. The summed E-state index contributed by atoms with van der Waals surface area (Å²) in [7, 11) is 0. The first kappa shape index (κ1) is 22.1. The topological polar surface area (TPSA) is 81.5 Å². The molecule has 2 atom stereocenters. The van der Waals surface area contributed by atoms with Crippen molar-refractivity contribution in [2.45, 2.75) is 33.2 Å². The summed E-state index contributed by atoms with van der Waals surface area (Å²) in [6.07, 6.45) is 0.451. The Kier molecular flexibility index (Phi) is 8.40. The average molecular weight is 396 g/mol. The van der Waals surface area contributed by atoms with E-state index in [-0.39, 0.29) is 24.1 Å². The van der Waals surface area contributed by atoms with Crippen LogP contribution in [0.3, 0.4) is 0 Å². The highest BCUT2D eigenvalue weighted by molar-refractivity contribution is 5.98. The number of nitro groups is 1. The minimum Gasteiger partial charge on any atom is -0.463 e. The lowest BCUT2D eigenvalue weighted by molar-refractivity contribution is -0.486. The first-order chi connectivity index (χ1) is 14.0. The fourth-order valence-electron chi connectivity index (χ4n) is 3.25. The number of carbonyl (C=O) groups is 1. The van der Waals surface area contributed by atoms with Crippen molar-refractivity contribution in [3.8, 4) is 0 Å². The van der Waals surface area contributed by atoms with Gasteiger partial charge in [0.05, 0.1) is 23.8 Å². The predicted molar refractivity (Wildman–Crippen MR) is 114 cm³/mol. The quantitative estimate of drug-likeness (QED) is 0.274. The lowest BCUT2D eigenvalue weighted by Crippen LogP contribution is -2.28. The van der Waals surface area contributed by atoms with Crippen molar-refractivity contribution in [2.75, 3.05) is 13.2 Å². The number of ether oxygens (including phenoxy) is 1. The summed E-state index contributed by atoms with van der Waals surface area (Å²) in [4.78, 5) is 23.8. The Morgan fingerprint density at radius 2 is 1.66 bits per heavy atom. The molecule has 2 rings (SSSR count). The van der Waals surface area contributed by atoms with Gasteiger partial charge in [-0.15, -0.1) is 0 Å². The van der Waals surface area contributed by atoms with Crippen LogP contribution in [0.25, 0.3) is 5.70 Å². The van der Waals surface area contributed by atoms with Gasteiger partial charge >= 0.3 is 5.97 Å². The summed E-state index contributed by atoms with van der Waals surface area (Å²) in [5.74, 6) is -1.08. The molecule has 0 saturated heterocycles. The third-order valence-electron chi connectivity index (χ3n) is 4.76. The van der Waals surface area contributed by atoms with Gasteiger partial charge in [-0.1, -0.05) is 67.6 Å². The Hall–Kier alpha value is -3.15. The van der Waals surface area contributed by atoms with Crippen LogP contribution in [0, 0.1) is 16.0 Å². The van der Waals surface area contributed by atoms with Crippen LogP contribution in [0.2, 0.25) is 0 Å². The van der Waals surface area contributed by atoms with Crippen LogP contribution in [0.5, 0.6) is 0 Å². The summed E-state index contributed by atoms with van der Waals surface area (Å²) >= 11 is 0. The molecule has 0 amide bonds. The van der Waals surface area contributed by atoms with Crippen molar-refractivity contribution in [2.24, 2.45) is 5.92 Å². The molecular formula is C23H28N2O4. The lowest BCUT2D eigenvalue weighted by atomic mass is 9.91. The van der Waals surface area contributed by atoms with Crippen LogP contribution < -0.4 is 5.32 Å². The van der Waals surface area contributed by atoms with E-state index in [0.717, 1.165) is 11.1 Å². The normalized spacial score (nSPS) is 13.8. The van der Waals surface area contributed by atoms with E-state index in [4.69, 9.17) is 4.74 Å². The van der Waals surface area contributed by atoms with E-state index >= 15 is 0 Å². The van der Waals surface area contributed by atoms with Crippen LogP contribution in [0.4, 0.5) is 0 Å². The highest BCUT2D eigenvalue weighted by Crippen LogP contribution is 2.28. The molecule has 0 aliphatic carbocycles. The molecule has 0 heterocycles. The molecule has 2 aromatic carbocycles. The van der Waals surface area contributed by atoms with Crippen molar-refractivity contribution in [1.29, 1.82) is 0 Å². The van der Waals surface area contributed by atoms with E-state index in [1.807, 2.05) is 74.5 Å². The second-order valence-corrected chi connectivity index (χ2v) is 6.77. The van der Waals surface area contributed by atoms with Crippen LogP contribution in [-0.2, 0) is 9.53 Å². The first-order valence-electron chi connectivity index (χ1n) is 9.87. The van der Waals surface area contributed by atoms with Gasteiger partial charge in [0.1, 0.15) is 0 Å². The Balaban J connectivity index is 2.61. The molecule has 0 radical (unpaired) electrons. The minimum atomic E-state index is -0.560. The van der Waals surface area contributed by atoms with E-state index in [9.17, 15) is 14.9 Å². The maximum Gasteiger partial charge on any atom is 0.336 e. The molecule has 0 aliphatic rings. The molecule has 0 aromatic heterocycles. The third kappa shape index (κ3) is 6.17. The van der Waals surface area contributed by atoms with Crippen molar-refractivity contribution in [3.63, 3.8) is 0 Å². The minimum absolute atomic E-state index is 0.107. The average Bonchev–Trinajstić information content (AvgIpc) is 2.73. The van der Waals surface area contributed by atoms with Gasteiger partial charge in [-0.05, 0) is 31.4 Å². The number of nitrogens with one attached hydrogen (secondary N) is 1. The Bertz CT molecular complexity index is 834. The molecule has 0 spiro atoms. The van der Waals surface area contributed by atoms with E-state index in [1.54, 1.807) is 6.92 Å². The number of hydrogen-bond donors (Lipinski definition) is 1. The zero-order valence-corrected chi connectivity index (χ0v) is 17.1. The zero-order chi connectivity index (χ0) is 21.2. The summed E-state index contributed by atoms with van der Waals surface area (Å²) in [5, 5.41) is 14.7. The predicted octanol–water partition coefficient (Wildman–Crippen LogP) is 4.61. The molecule has 0 aliphatic heterocycles. The van der Waals surface area contributed by atoms with Crippen molar-refractivity contribution < 1.29 is 14.5 Å². The second kappa shape index (κ2) is 11.0. The van der Waals surface area contributed by atoms with E-state index in [0.29, 0.717) is 17.7 Å². The second-order valence-electron chi connectivity index (χ2n) is 6.77. The fourth-order valence-corrected chi connectivity index (χ4v) is 3.25. The molecule has 0 unspecified atom stereocenters. The zero-order valence-electron chi connectivity index (χ0n) is 17.1. The van der Waals surface area contributed by atoms with E-state index in [2.05, 4.69) is 5.32 Å². The highest BCUT2D eigenvalue weighted by Gasteiger charge is 2.30. The maximum atomic E-state index is 12.9. The first-order valence-corrected chi connectivity index (χ1v) is 9.87. The molecule has 6 heteroatoms. The van der Waals surface area contributed by atoms with Crippen LogP contribution in [-0.4, -0.2) is 24.0 Å². The third-order valence-corrected chi connectivity index (χ3v) is 4.76. The molecule has 6 nitrogen and oxygen atoms in total. The molecule has 154 valence electrons. The van der Waals surface area contributed by atoms with Gasteiger partial charge in [0.15, 0.2) is 0 Å². The molecule has 1 N–H and O–H groups in total. The number of hydrogen-bond acceptors (Lipinski definition) is 5. The Morgan fingerprint density at radius 1 is 1.07 bits per heavy atom. The van der Waals surface area contributed by atoms with Crippen molar-refractivity contribution in [1.82, 2.24) is 5.32 Å². The lowest BCUT2D eigenvalue weighted by Gasteiger charge is -2.24. The molecule has 0 fully saturated rings. The number of esters is 1. The van der Waals surface area contributed by atoms with E-state index < -0.39 is 11.9 Å². The summed E-state index contributed by atoms with van der Waals surface area (Å²) in [6.45, 7) is 5.44. The van der Waals surface area contributed by atoms with Crippen LogP contribution in [0.1, 0.15) is 44.4 Å². The van der Waals surface area contributed by atoms with Gasteiger partial charge in [0.25, 0.3) is 0 Å². The summed E-state index contributed by atoms with van der Waals surface area (Å²) in [6, 6.07) is 19.2. The Labute approximate surface area is 171 Å². The van der Waals surface area contributed by atoms with Gasteiger partial charge in [0.2, 0.25) is 6.54 Å². The Morgan fingerprint density at radius 3 is 2.17 bits per heavy atom. The summed E-state index contributed by atoms with van der Waals surface area (Å²) < 4.78 is 5.30. The molecule has 0 bridgehead atoms. The number of carbonyl (C=O) groups excluding carboxylic acids is 1. The van der Waals surface area contributed by atoms with Crippen molar-refractivity contribution in [3.05, 3.63) is 87.5 Å². The number of nitrogens with zero attached hydrogens (tertiary/aromatic N) is 1. The summed E-state index contributed by atoms with van der Waals surface area (Å²) in [5.41, 5.74) is 2.74. The number of benzene rings is 2. The number of rotatable bonds is 10. The van der Waals surface area contributed by atoms with Gasteiger partial charge < -0.3 is 10.1 Å². The molecular weight excluding hydrogens is 368 g/mol. The maximum absolute atomic E-state index is 12.9. The van der Waals surface area contributed by atoms with Crippen LogP contribution in [0.15, 0.2) is 66.2 Å².